The van der Waals surface area contributed by atoms with Crippen molar-refractivity contribution in [1.29, 1.82) is 5.26 Å². The highest BCUT2D eigenvalue weighted by atomic mass is 16.6. The molecule has 1 heterocycles. The average Bonchev–Trinajstić information content (AvgIpc) is 2.57. The summed E-state index contributed by atoms with van der Waals surface area (Å²) in [5.41, 5.74) is 1.43. The SMILES string of the molecule is CC.Cc1cccc(CC2C(=O)OCCN2C(=O)OC(C)(C)C)c1C#N. The molecule has 6 nitrogen and oxygen atoms in total. The maximum Gasteiger partial charge on any atom is 0.411 e. The number of aryl methyl sites for hydroxylation is 1. The summed E-state index contributed by atoms with van der Waals surface area (Å²) in [4.78, 5) is 26.0. The van der Waals surface area contributed by atoms with Crippen molar-refractivity contribution in [1.82, 2.24) is 4.90 Å². The predicted molar refractivity (Wildman–Crippen MR) is 98.6 cm³/mol. The van der Waals surface area contributed by atoms with Crippen molar-refractivity contribution in [3.05, 3.63) is 34.9 Å². The number of hydrogen-bond acceptors (Lipinski definition) is 5. The second-order valence-corrected chi connectivity index (χ2v) is 6.78. The number of amides is 1. The van der Waals surface area contributed by atoms with E-state index in [-0.39, 0.29) is 19.6 Å². The van der Waals surface area contributed by atoms with E-state index in [0.29, 0.717) is 5.56 Å². The van der Waals surface area contributed by atoms with Gasteiger partial charge in [-0.25, -0.2) is 9.59 Å². The Balaban J connectivity index is 0.00000163. The van der Waals surface area contributed by atoms with Crippen LogP contribution in [0.5, 0.6) is 0 Å². The number of nitrogens with zero attached hydrogens (tertiary/aromatic N) is 2. The van der Waals surface area contributed by atoms with Crippen molar-refractivity contribution in [3.8, 4) is 6.07 Å². The largest absolute Gasteiger partial charge is 0.462 e. The number of esters is 1. The van der Waals surface area contributed by atoms with Crippen molar-refractivity contribution < 1.29 is 19.1 Å². The molecule has 6 heteroatoms. The Hall–Kier alpha value is -2.55. The highest BCUT2D eigenvalue weighted by molar-refractivity contribution is 5.83. The molecule has 1 saturated heterocycles. The molecule has 1 aromatic carbocycles. The molecule has 0 radical (unpaired) electrons. The summed E-state index contributed by atoms with van der Waals surface area (Å²) in [5.74, 6) is -0.475. The molecule has 0 N–H and O–H groups in total. The third kappa shape index (κ3) is 5.48. The van der Waals surface area contributed by atoms with Gasteiger partial charge in [0.1, 0.15) is 18.2 Å². The van der Waals surface area contributed by atoms with Gasteiger partial charge in [0.15, 0.2) is 0 Å². The first kappa shape index (κ1) is 21.5. The minimum Gasteiger partial charge on any atom is -0.462 e. The minimum atomic E-state index is -0.789. The van der Waals surface area contributed by atoms with E-state index in [2.05, 4.69) is 6.07 Å². The molecule has 0 aliphatic carbocycles. The Morgan fingerprint density at radius 1 is 1.38 bits per heavy atom. The zero-order valence-corrected chi connectivity index (χ0v) is 16.5. The molecule has 1 fully saturated rings. The van der Waals surface area contributed by atoms with Crippen molar-refractivity contribution in [2.24, 2.45) is 0 Å². The lowest BCUT2D eigenvalue weighted by Gasteiger charge is -2.35. The molecule has 1 aliphatic rings. The smallest absolute Gasteiger partial charge is 0.411 e. The van der Waals surface area contributed by atoms with Gasteiger partial charge in [-0.1, -0.05) is 32.0 Å². The second kappa shape index (κ2) is 9.23. The summed E-state index contributed by atoms with van der Waals surface area (Å²) >= 11 is 0. The van der Waals surface area contributed by atoms with Gasteiger partial charge in [-0.3, -0.25) is 4.90 Å². The van der Waals surface area contributed by atoms with Gasteiger partial charge in [0.2, 0.25) is 0 Å². The van der Waals surface area contributed by atoms with Gasteiger partial charge in [-0.05, 0) is 38.8 Å². The van der Waals surface area contributed by atoms with Crippen LogP contribution in [0, 0.1) is 18.3 Å². The fourth-order valence-electron chi connectivity index (χ4n) is 2.62. The molecular weight excluding hydrogens is 332 g/mol. The molecule has 1 amide bonds. The maximum atomic E-state index is 12.4. The Morgan fingerprint density at radius 3 is 2.62 bits per heavy atom. The minimum absolute atomic E-state index is 0.146. The highest BCUT2D eigenvalue weighted by Gasteiger charge is 2.37. The van der Waals surface area contributed by atoms with Crippen LogP contribution >= 0.6 is 0 Å². The number of carbonyl (C=O) groups excluding carboxylic acids is 2. The van der Waals surface area contributed by atoms with Crippen LogP contribution < -0.4 is 0 Å². The lowest BCUT2D eigenvalue weighted by molar-refractivity contribution is -0.156. The lowest BCUT2D eigenvalue weighted by atomic mass is 9.96. The summed E-state index contributed by atoms with van der Waals surface area (Å²) in [6, 6.07) is 6.84. The van der Waals surface area contributed by atoms with E-state index in [9.17, 15) is 14.9 Å². The second-order valence-electron chi connectivity index (χ2n) is 6.78. The quantitative estimate of drug-likeness (QED) is 0.753. The molecule has 0 aromatic heterocycles. The number of cyclic esters (lactones) is 1. The van der Waals surface area contributed by atoms with Crippen molar-refractivity contribution in [3.63, 3.8) is 0 Å². The standard InChI is InChI=1S/C18H22N2O4.C2H6/c1-12-6-5-7-13(14(12)11-19)10-15-16(21)23-9-8-20(15)17(22)24-18(2,3)4;1-2/h5-7,15H,8-10H2,1-4H3;1-2H3. The van der Waals surface area contributed by atoms with Crippen molar-refractivity contribution in [2.45, 2.75) is 59.6 Å². The number of benzene rings is 1. The summed E-state index contributed by atoms with van der Waals surface area (Å²) in [7, 11) is 0. The zero-order valence-electron chi connectivity index (χ0n) is 16.5. The fourth-order valence-corrected chi connectivity index (χ4v) is 2.62. The van der Waals surface area contributed by atoms with Crippen LogP contribution in [0.25, 0.3) is 0 Å². The Morgan fingerprint density at radius 2 is 2.04 bits per heavy atom. The van der Waals surface area contributed by atoms with Crippen LogP contribution in [0.3, 0.4) is 0 Å². The number of nitriles is 1. The van der Waals surface area contributed by atoms with E-state index in [4.69, 9.17) is 9.47 Å². The number of morpholine rings is 1. The van der Waals surface area contributed by atoms with Crippen LogP contribution in [0.1, 0.15) is 51.3 Å². The van der Waals surface area contributed by atoms with Gasteiger partial charge < -0.3 is 9.47 Å². The van der Waals surface area contributed by atoms with Gasteiger partial charge >= 0.3 is 12.1 Å². The summed E-state index contributed by atoms with van der Waals surface area (Å²) in [5, 5.41) is 9.35. The lowest BCUT2D eigenvalue weighted by Crippen LogP contribution is -2.53. The van der Waals surface area contributed by atoms with Crippen molar-refractivity contribution in [2.75, 3.05) is 13.2 Å². The molecule has 142 valence electrons. The van der Waals surface area contributed by atoms with Gasteiger partial charge in [0, 0.05) is 6.42 Å². The first-order chi connectivity index (χ1) is 12.2. The number of hydrogen-bond donors (Lipinski definition) is 0. The molecule has 1 atom stereocenters. The topological polar surface area (TPSA) is 79.6 Å². The van der Waals surface area contributed by atoms with E-state index in [0.717, 1.165) is 11.1 Å². The van der Waals surface area contributed by atoms with Gasteiger partial charge in [-0.2, -0.15) is 5.26 Å². The third-order valence-corrected chi connectivity index (χ3v) is 3.74. The Kier molecular flexibility index (Phi) is 7.63. The van der Waals surface area contributed by atoms with Crippen LogP contribution in [-0.2, 0) is 20.7 Å². The maximum absolute atomic E-state index is 12.4. The number of rotatable bonds is 2. The molecule has 0 bridgehead atoms. The molecule has 26 heavy (non-hydrogen) atoms. The van der Waals surface area contributed by atoms with Gasteiger partial charge in [-0.15, -0.1) is 0 Å². The van der Waals surface area contributed by atoms with E-state index in [1.807, 2.05) is 32.9 Å². The first-order valence-corrected chi connectivity index (χ1v) is 8.88. The van der Waals surface area contributed by atoms with Gasteiger partial charge in [0.25, 0.3) is 0 Å². The van der Waals surface area contributed by atoms with E-state index in [1.54, 1.807) is 26.8 Å². The molecule has 1 aliphatic heterocycles. The monoisotopic (exact) mass is 360 g/mol. The van der Waals surface area contributed by atoms with Crippen LogP contribution in [0.2, 0.25) is 0 Å². The van der Waals surface area contributed by atoms with E-state index >= 15 is 0 Å². The van der Waals surface area contributed by atoms with Crippen LogP contribution in [-0.4, -0.2) is 41.8 Å². The van der Waals surface area contributed by atoms with E-state index < -0.39 is 23.7 Å². The Labute approximate surface area is 155 Å². The Bertz CT molecular complexity index is 686. The van der Waals surface area contributed by atoms with E-state index in [1.165, 1.54) is 4.90 Å². The predicted octanol–water partition coefficient (Wildman–Crippen LogP) is 3.60. The third-order valence-electron chi connectivity index (χ3n) is 3.74. The molecule has 0 spiro atoms. The van der Waals surface area contributed by atoms with Crippen LogP contribution in [0.15, 0.2) is 18.2 Å². The highest BCUT2D eigenvalue weighted by Crippen LogP contribution is 2.21. The molecule has 2 rings (SSSR count). The first-order valence-electron chi connectivity index (χ1n) is 8.88. The summed E-state index contributed by atoms with van der Waals surface area (Å²) in [6.07, 6.45) is -0.321. The molecular formula is C20H28N2O4. The van der Waals surface area contributed by atoms with Crippen molar-refractivity contribution >= 4 is 12.1 Å². The number of carbonyl (C=O) groups is 2. The zero-order chi connectivity index (χ0) is 19.9. The average molecular weight is 360 g/mol. The molecule has 0 saturated carbocycles. The summed E-state index contributed by atoms with van der Waals surface area (Å²) < 4.78 is 10.5. The number of ether oxygens (including phenoxy) is 2. The van der Waals surface area contributed by atoms with Crippen LogP contribution in [0.4, 0.5) is 4.79 Å². The van der Waals surface area contributed by atoms with Gasteiger partial charge in [0.05, 0.1) is 18.2 Å². The molecule has 1 unspecified atom stereocenters. The molecule has 1 aromatic rings. The normalized spacial score (nSPS) is 16.7. The fraction of sp³-hybridized carbons (Fsp3) is 0.550. The summed E-state index contributed by atoms with van der Waals surface area (Å²) in [6.45, 7) is 11.6.